The molecule has 0 bridgehead atoms. The van der Waals surface area contributed by atoms with Crippen molar-refractivity contribution < 1.29 is 14.3 Å². The number of rotatable bonds is 5. The van der Waals surface area contributed by atoms with Crippen LogP contribution in [0.25, 0.3) is 0 Å². The molecule has 0 aliphatic rings. The molecule has 0 fully saturated rings. The Labute approximate surface area is 135 Å². The predicted molar refractivity (Wildman–Crippen MR) is 90.2 cm³/mol. The lowest BCUT2D eigenvalue weighted by Gasteiger charge is -2.16. The van der Waals surface area contributed by atoms with Gasteiger partial charge in [-0.3, -0.25) is 4.79 Å². The molecule has 0 aromatic heterocycles. The van der Waals surface area contributed by atoms with Crippen LogP contribution in [-0.4, -0.2) is 18.0 Å². The Morgan fingerprint density at radius 2 is 1.87 bits per heavy atom. The highest BCUT2D eigenvalue weighted by molar-refractivity contribution is 5.97. The molecule has 0 radical (unpaired) electrons. The molecule has 120 valence electrons. The first-order valence-electron chi connectivity index (χ1n) is 7.43. The minimum atomic E-state index is -0.847. The fourth-order valence-electron chi connectivity index (χ4n) is 2.08. The molecule has 5 heteroatoms. The summed E-state index contributed by atoms with van der Waals surface area (Å²) in [4.78, 5) is 24.4. The smallest absolute Gasteiger partial charge is 0.338 e. The second kappa shape index (κ2) is 7.45. The van der Waals surface area contributed by atoms with Crippen LogP contribution in [0.15, 0.2) is 48.5 Å². The molecule has 3 N–H and O–H groups in total. The number of nitrogens with one attached hydrogen (secondary N) is 1. The average Bonchev–Trinajstić information content (AvgIpc) is 2.53. The number of ether oxygens (including phenoxy) is 1. The van der Waals surface area contributed by atoms with Crippen molar-refractivity contribution in [2.75, 3.05) is 11.1 Å². The first-order valence-corrected chi connectivity index (χ1v) is 7.43. The molecule has 1 amide bonds. The van der Waals surface area contributed by atoms with Crippen molar-refractivity contribution in [1.82, 2.24) is 0 Å². The predicted octanol–water partition coefficient (Wildman–Crippen LogP) is 3.15. The van der Waals surface area contributed by atoms with Gasteiger partial charge in [0.2, 0.25) is 0 Å². The van der Waals surface area contributed by atoms with Gasteiger partial charge in [0.05, 0.1) is 5.56 Å². The van der Waals surface area contributed by atoms with Crippen LogP contribution in [0.5, 0.6) is 0 Å². The molecule has 0 heterocycles. The monoisotopic (exact) mass is 312 g/mol. The summed E-state index contributed by atoms with van der Waals surface area (Å²) < 4.78 is 5.30. The maximum absolute atomic E-state index is 12.3. The largest absolute Gasteiger partial charge is 0.449 e. The number of amides is 1. The molecule has 1 atom stereocenters. The molecule has 0 spiro atoms. The Morgan fingerprint density at radius 1 is 1.17 bits per heavy atom. The number of esters is 1. The van der Waals surface area contributed by atoms with Gasteiger partial charge in [-0.1, -0.05) is 19.1 Å². The topological polar surface area (TPSA) is 81.4 Å². The van der Waals surface area contributed by atoms with Crippen LogP contribution in [0.1, 0.15) is 29.3 Å². The lowest BCUT2D eigenvalue weighted by Crippen LogP contribution is -2.32. The fourth-order valence-corrected chi connectivity index (χ4v) is 2.08. The van der Waals surface area contributed by atoms with Gasteiger partial charge >= 0.3 is 5.97 Å². The van der Waals surface area contributed by atoms with Crippen LogP contribution in [0.4, 0.5) is 11.4 Å². The van der Waals surface area contributed by atoms with E-state index in [9.17, 15) is 9.59 Å². The summed E-state index contributed by atoms with van der Waals surface area (Å²) >= 11 is 0. The van der Waals surface area contributed by atoms with Crippen molar-refractivity contribution in [3.05, 3.63) is 59.7 Å². The van der Waals surface area contributed by atoms with Crippen LogP contribution in [0.3, 0.4) is 0 Å². The number of hydrogen-bond donors (Lipinski definition) is 2. The normalized spacial score (nSPS) is 11.6. The summed E-state index contributed by atoms with van der Waals surface area (Å²) in [7, 11) is 0. The van der Waals surface area contributed by atoms with Crippen molar-refractivity contribution in [3.63, 3.8) is 0 Å². The van der Waals surface area contributed by atoms with E-state index in [2.05, 4.69) is 5.32 Å². The Hall–Kier alpha value is -2.82. The number of hydrogen-bond acceptors (Lipinski definition) is 4. The molecule has 0 saturated heterocycles. The van der Waals surface area contributed by atoms with E-state index in [4.69, 9.17) is 10.5 Å². The van der Waals surface area contributed by atoms with Crippen molar-refractivity contribution in [2.24, 2.45) is 0 Å². The summed E-state index contributed by atoms with van der Waals surface area (Å²) in [6.45, 7) is 3.73. The Bertz CT molecular complexity index is 696. The van der Waals surface area contributed by atoms with Gasteiger partial charge in [-0.15, -0.1) is 0 Å². The van der Waals surface area contributed by atoms with E-state index in [1.54, 1.807) is 37.3 Å². The molecular weight excluding hydrogens is 292 g/mol. The number of nitrogens with two attached hydrogens (primary N) is 1. The highest BCUT2D eigenvalue weighted by atomic mass is 16.5. The number of benzene rings is 2. The molecule has 5 nitrogen and oxygen atoms in total. The summed E-state index contributed by atoms with van der Waals surface area (Å²) in [5, 5.41) is 2.76. The molecule has 0 saturated carbocycles. The lowest BCUT2D eigenvalue weighted by molar-refractivity contribution is -0.124. The SMILES string of the molecule is CCC(OC(=O)c1ccc(N)cc1)C(=O)Nc1cccc(C)c1. The highest BCUT2D eigenvalue weighted by Crippen LogP contribution is 2.13. The van der Waals surface area contributed by atoms with Crippen LogP contribution < -0.4 is 11.1 Å². The Balaban J connectivity index is 2.02. The number of nitrogen functional groups attached to an aromatic ring is 1. The van der Waals surface area contributed by atoms with E-state index in [1.807, 2.05) is 25.1 Å². The zero-order chi connectivity index (χ0) is 16.8. The van der Waals surface area contributed by atoms with Gasteiger partial charge < -0.3 is 15.8 Å². The quantitative estimate of drug-likeness (QED) is 0.656. The van der Waals surface area contributed by atoms with Crippen molar-refractivity contribution in [3.8, 4) is 0 Å². The minimum absolute atomic E-state index is 0.345. The fraction of sp³-hybridized carbons (Fsp3) is 0.222. The van der Waals surface area contributed by atoms with Gasteiger partial charge in [0.1, 0.15) is 0 Å². The van der Waals surface area contributed by atoms with Crippen LogP contribution in [0.2, 0.25) is 0 Å². The van der Waals surface area contributed by atoms with Gasteiger partial charge in [0.15, 0.2) is 6.10 Å². The van der Waals surface area contributed by atoms with E-state index in [0.29, 0.717) is 23.4 Å². The third-order valence-corrected chi connectivity index (χ3v) is 3.34. The first-order chi connectivity index (χ1) is 11.0. The van der Waals surface area contributed by atoms with E-state index in [-0.39, 0.29) is 5.91 Å². The minimum Gasteiger partial charge on any atom is -0.449 e. The van der Waals surface area contributed by atoms with Crippen molar-refractivity contribution >= 4 is 23.3 Å². The third kappa shape index (κ3) is 4.57. The third-order valence-electron chi connectivity index (χ3n) is 3.34. The summed E-state index contributed by atoms with van der Waals surface area (Å²) in [5.41, 5.74) is 8.22. The van der Waals surface area contributed by atoms with E-state index in [1.165, 1.54) is 0 Å². The number of carbonyl (C=O) groups is 2. The summed E-state index contributed by atoms with van der Waals surface area (Å²) in [6.07, 6.45) is -0.459. The standard InChI is InChI=1S/C18H20N2O3/c1-3-16(17(21)20-15-6-4-5-12(2)11-15)23-18(22)13-7-9-14(19)10-8-13/h4-11,16H,3,19H2,1-2H3,(H,20,21). The number of carbonyl (C=O) groups excluding carboxylic acids is 2. The maximum atomic E-state index is 12.3. The molecule has 1 unspecified atom stereocenters. The molecule has 0 aliphatic carbocycles. The highest BCUT2D eigenvalue weighted by Gasteiger charge is 2.22. The van der Waals surface area contributed by atoms with E-state index >= 15 is 0 Å². The number of aryl methyl sites for hydroxylation is 1. The van der Waals surface area contributed by atoms with Crippen LogP contribution >= 0.6 is 0 Å². The van der Waals surface area contributed by atoms with Gasteiger partial charge in [-0.2, -0.15) is 0 Å². The van der Waals surface area contributed by atoms with Crippen molar-refractivity contribution in [1.29, 1.82) is 0 Å². The van der Waals surface area contributed by atoms with Gasteiger partial charge in [0.25, 0.3) is 5.91 Å². The summed E-state index contributed by atoms with van der Waals surface area (Å²) in [5.74, 6) is -0.891. The molecule has 0 aliphatic heterocycles. The zero-order valence-corrected chi connectivity index (χ0v) is 13.2. The first kappa shape index (κ1) is 16.5. The molecular formula is C18H20N2O3. The zero-order valence-electron chi connectivity index (χ0n) is 13.2. The average molecular weight is 312 g/mol. The number of anilines is 2. The van der Waals surface area contributed by atoms with E-state index in [0.717, 1.165) is 5.56 Å². The Morgan fingerprint density at radius 3 is 2.48 bits per heavy atom. The molecule has 2 rings (SSSR count). The second-order valence-corrected chi connectivity index (χ2v) is 5.28. The van der Waals surface area contributed by atoms with Crippen molar-refractivity contribution in [2.45, 2.75) is 26.4 Å². The van der Waals surface area contributed by atoms with Gasteiger partial charge in [-0.05, 0) is 55.3 Å². The van der Waals surface area contributed by atoms with Crippen LogP contribution in [0, 0.1) is 6.92 Å². The Kier molecular flexibility index (Phi) is 5.36. The van der Waals surface area contributed by atoms with Gasteiger partial charge in [0, 0.05) is 11.4 Å². The maximum Gasteiger partial charge on any atom is 0.338 e. The molecule has 2 aromatic carbocycles. The van der Waals surface area contributed by atoms with E-state index < -0.39 is 12.1 Å². The second-order valence-electron chi connectivity index (χ2n) is 5.28. The van der Waals surface area contributed by atoms with Crippen LogP contribution in [-0.2, 0) is 9.53 Å². The molecule has 23 heavy (non-hydrogen) atoms. The molecule has 2 aromatic rings. The summed E-state index contributed by atoms with van der Waals surface area (Å²) in [6, 6.07) is 13.8. The lowest BCUT2D eigenvalue weighted by atomic mass is 10.2. The van der Waals surface area contributed by atoms with Gasteiger partial charge in [-0.25, -0.2) is 4.79 Å².